The summed E-state index contributed by atoms with van der Waals surface area (Å²) in [5, 5.41) is 0.245. The Bertz CT molecular complexity index is 441. The summed E-state index contributed by atoms with van der Waals surface area (Å²) < 4.78 is 19.9. The normalized spacial score (nSPS) is 9.38. The van der Waals surface area contributed by atoms with Crippen LogP contribution >= 0.6 is 0 Å². The van der Waals surface area contributed by atoms with E-state index >= 15 is 0 Å². The van der Waals surface area contributed by atoms with Gasteiger partial charge in [-0.3, -0.25) is 0 Å². The van der Waals surface area contributed by atoms with E-state index in [1.165, 1.54) is 32.4 Å². The zero-order chi connectivity index (χ0) is 12.1. The highest BCUT2D eigenvalue weighted by molar-refractivity contribution is 6.42. The number of esters is 2. The number of carbonyl (C=O) groups is 2. The molecule has 0 spiro atoms. The smallest absolute Gasteiger partial charge is 0.366 e. The minimum absolute atomic E-state index is 0.184. The van der Waals surface area contributed by atoms with Crippen LogP contribution in [0.25, 0.3) is 0 Å². The lowest BCUT2D eigenvalue weighted by atomic mass is 10.1. The van der Waals surface area contributed by atoms with Gasteiger partial charge in [0.05, 0.1) is 25.3 Å². The van der Waals surface area contributed by atoms with Crippen LogP contribution in [0.3, 0.4) is 0 Å². The monoisotopic (exact) mass is 237 g/mol. The van der Waals surface area contributed by atoms with Gasteiger partial charge in [-0.1, -0.05) is 0 Å². The first-order valence-corrected chi connectivity index (χ1v) is 5.23. The van der Waals surface area contributed by atoms with Crippen LogP contribution < -0.4 is 5.19 Å². The zero-order valence-corrected chi connectivity index (χ0v) is 9.77. The molecule has 1 rings (SSSR count). The number of hydrogen-bond acceptors (Lipinski definition) is 5. The van der Waals surface area contributed by atoms with Gasteiger partial charge in [-0.05, 0) is 18.2 Å². The predicted molar refractivity (Wildman–Crippen MR) is 55.2 cm³/mol. The second-order valence-electron chi connectivity index (χ2n) is 2.85. The third-order valence-corrected chi connectivity index (χ3v) is 2.59. The Morgan fingerprint density at radius 1 is 1.12 bits per heavy atom. The lowest BCUT2D eigenvalue weighted by Gasteiger charge is -2.04. The maximum Gasteiger partial charge on any atom is 0.366 e. The molecule has 1 aromatic carbocycles. The number of rotatable bonds is 3. The molecule has 1 aromatic rings. The van der Waals surface area contributed by atoms with Crippen LogP contribution in [0.1, 0.15) is 20.7 Å². The lowest BCUT2D eigenvalue weighted by Crippen LogP contribution is -2.21. The van der Waals surface area contributed by atoms with Gasteiger partial charge in [0.25, 0.3) is 0 Å². The van der Waals surface area contributed by atoms with Crippen molar-refractivity contribution >= 4 is 26.5 Å². The summed E-state index contributed by atoms with van der Waals surface area (Å²) in [7, 11) is 1.63. The highest BCUT2D eigenvalue weighted by Gasteiger charge is 2.15. The van der Waals surface area contributed by atoms with E-state index in [9.17, 15) is 14.1 Å². The largest absolute Gasteiger partial charge is 0.465 e. The van der Waals surface area contributed by atoms with E-state index in [0.29, 0.717) is 0 Å². The van der Waals surface area contributed by atoms with Gasteiger partial charge in [0.15, 0.2) is 0 Å². The number of benzene rings is 1. The summed E-state index contributed by atoms with van der Waals surface area (Å²) in [6.45, 7) is 0. The molecule has 1 radical (unpaired) electrons. The molecular formula is C10H9O5Si. The Kier molecular flexibility index (Phi) is 4.07. The summed E-state index contributed by atoms with van der Waals surface area (Å²) in [4.78, 5) is 22.5. The molecule has 0 aliphatic carbocycles. The van der Waals surface area contributed by atoms with Crippen LogP contribution in [0.15, 0.2) is 18.2 Å². The standard InChI is InChI=1S/C10H9O5Si/c1-14-9(11)6-3-4-7(10(12)15-2)8(5-6)16-13/h3-5H,1-2H3. The van der Waals surface area contributed by atoms with E-state index in [-0.39, 0.29) is 16.3 Å². The fourth-order valence-electron chi connectivity index (χ4n) is 1.16. The third kappa shape index (κ3) is 2.40. The summed E-state index contributed by atoms with van der Waals surface area (Å²) in [6.07, 6.45) is 0. The first-order chi connectivity index (χ1) is 7.63. The van der Waals surface area contributed by atoms with Crippen molar-refractivity contribution in [1.82, 2.24) is 0 Å². The van der Waals surface area contributed by atoms with Crippen molar-refractivity contribution in [3.63, 3.8) is 0 Å². The van der Waals surface area contributed by atoms with E-state index in [4.69, 9.17) is 0 Å². The van der Waals surface area contributed by atoms with Crippen molar-refractivity contribution in [2.24, 2.45) is 0 Å². The average molecular weight is 237 g/mol. The fraction of sp³-hybridized carbons (Fsp3) is 0.200. The lowest BCUT2D eigenvalue weighted by molar-refractivity contribution is 0.0588. The third-order valence-electron chi connectivity index (χ3n) is 1.96. The van der Waals surface area contributed by atoms with Crippen LogP contribution in [-0.2, 0) is 13.9 Å². The number of hydrogen-bond donors (Lipinski definition) is 0. The molecule has 6 heteroatoms. The molecule has 83 valence electrons. The topological polar surface area (TPSA) is 69.7 Å². The molecule has 0 aliphatic heterocycles. The molecule has 16 heavy (non-hydrogen) atoms. The molecule has 0 saturated carbocycles. The van der Waals surface area contributed by atoms with E-state index in [1.54, 1.807) is 0 Å². The summed E-state index contributed by atoms with van der Waals surface area (Å²) in [5.41, 5.74) is 0.428. The van der Waals surface area contributed by atoms with Crippen LogP contribution in [0.2, 0.25) is 0 Å². The van der Waals surface area contributed by atoms with Crippen molar-refractivity contribution in [3.05, 3.63) is 29.3 Å². The molecule has 0 bridgehead atoms. The molecule has 0 N–H and O–H groups in total. The van der Waals surface area contributed by atoms with E-state index in [0.717, 1.165) is 0 Å². The minimum Gasteiger partial charge on any atom is -0.465 e. The van der Waals surface area contributed by atoms with Crippen molar-refractivity contribution < 1.29 is 23.5 Å². The Labute approximate surface area is 94.2 Å². The summed E-state index contributed by atoms with van der Waals surface area (Å²) in [5.74, 6) is -1.13. The average Bonchev–Trinajstić information content (AvgIpc) is 2.35. The van der Waals surface area contributed by atoms with Gasteiger partial charge >= 0.3 is 21.3 Å². The summed E-state index contributed by atoms with van der Waals surface area (Å²) >= 11 is 0. The number of ether oxygens (including phenoxy) is 2. The van der Waals surface area contributed by atoms with Crippen LogP contribution in [0.4, 0.5) is 0 Å². The fourth-order valence-corrected chi connectivity index (χ4v) is 1.67. The van der Waals surface area contributed by atoms with Gasteiger partial charge in [0, 0.05) is 5.19 Å². The Hall–Kier alpha value is -1.82. The van der Waals surface area contributed by atoms with Crippen molar-refractivity contribution in [2.45, 2.75) is 0 Å². The predicted octanol–water partition coefficient (Wildman–Crippen LogP) is -0.0652. The van der Waals surface area contributed by atoms with Gasteiger partial charge in [0.1, 0.15) is 0 Å². The molecule has 0 aliphatic rings. The van der Waals surface area contributed by atoms with Crippen LogP contribution in [0.5, 0.6) is 0 Å². The first-order valence-electron chi connectivity index (χ1n) is 4.33. The number of carbonyl (C=O) groups excluding carboxylic acids is 2. The van der Waals surface area contributed by atoms with Gasteiger partial charge in [0.2, 0.25) is 0 Å². The Morgan fingerprint density at radius 3 is 2.25 bits per heavy atom. The maximum absolute atomic E-state index is 11.3. The summed E-state index contributed by atoms with van der Waals surface area (Å²) in [6, 6.07) is 4.16. The van der Waals surface area contributed by atoms with Crippen molar-refractivity contribution in [3.8, 4) is 0 Å². The Morgan fingerprint density at radius 2 is 1.75 bits per heavy atom. The van der Waals surface area contributed by atoms with Crippen molar-refractivity contribution in [1.29, 1.82) is 0 Å². The van der Waals surface area contributed by atoms with Gasteiger partial charge < -0.3 is 13.9 Å². The van der Waals surface area contributed by atoms with E-state index < -0.39 is 21.3 Å². The van der Waals surface area contributed by atoms with Gasteiger partial charge in [-0.25, -0.2) is 9.59 Å². The quantitative estimate of drug-likeness (QED) is 0.544. The highest BCUT2D eigenvalue weighted by atomic mass is 28.2. The van der Waals surface area contributed by atoms with Crippen molar-refractivity contribution in [2.75, 3.05) is 14.2 Å². The van der Waals surface area contributed by atoms with Gasteiger partial charge in [-0.2, -0.15) is 0 Å². The second-order valence-corrected chi connectivity index (χ2v) is 3.59. The van der Waals surface area contributed by atoms with Crippen LogP contribution in [-0.4, -0.2) is 35.6 Å². The van der Waals surface area contributed by atoms with E-state index in [1.807, 2.05) is 0 Å². The second kappa shape index (κ2) is 5.31. The Balaban J connectivity index is 3.21. The first kappa shape index (κ1) is 12.2. The van der Waals surface area contributed by atoms with E-state index in [2.05, 4.69) is 9.47 Å². The highest BCUT2D eigenvalue weighted by Crippen LogP contribution is 2.04. The zero-order valence-electron chi connectivity index (χ0n) is 8.77. The molecular weight excluding hydrogens is 228 g/mol. The molecule has 0 aromatic heterocycles. The molecule has 0 fully saturated rings. The van der Waals surface area contributed by atoms with Crippen LogP contribution in [0, 0.1) is 0 Å². The molecule has 0 amide bonds. The van der Waals surface area contributed by atoms with Gasteiger partial charge in [-0.15, -0.1) is 0 Å². The SMILES string of the molecule is COC(=O)c1ccc(C(=O)OC)c([Si]=O)c1. The molecule has 0 heterocycles. The maximum atomic E-state index is 11.3. The molecule has 0 atom stereocenters. The molecule has 0 unspecified atom stereocenters. The number of methoxy groups -OCH3 is 2. The molecule has 0 saturated heterocycles. The molecule has 5 nitrogen and oxygen atoms in total. The minimum atomic E-state index is -0.843.